The Morgan fingerprint density at radius 2 is 1.92 bits per heavy atom. The highest BCUT2D eigenvalue weighted by molar-refractivity contribution is 7.17. The second-order valence-electron chi connectivity index (χ2n) is 5.76. The number of halogens is 1. The summed E-state index contributed by atoms with van der Waals surface area (Å²) in [5.74, 6) is 0.806. The SMILES string of the molecule is CCOc1ccc(-c2ccc(C(=O)NCCc3cccc(Cl)c3)s2)cc1. The summed E-state index contributed by atoms with van der Waals surface area (Å²) in [6, 6.07) is 19.5. The zero-order valence-corrected chi connectivity index (χ0v) is 16.1. The van der Waals surface area contributed by atoms with Crippen LogP contribution in [-0.2, 0) is 6.42 Å². The molecule has 2 aromatic carbocycles. The van der Waals surface area contributed by atoms with Crippen molar-refractivity contribution in [2.24, 2.45) is 0 Å². The quantitative estimate of drug-likeness (QED) is 0.588. The van der Waals surface area contributed by atoms with Gasteiger partial charge in [0.15, 0.2) is 0 Å². The van der Waals surface area contributed by atoms with Crippen molar-refractivity contribution >= 4 is 28.8 Å². The average molecular weight is 386 g/mol. The molecule has 0 radical (unpaired) electrons. The highest BCUT2D eigenvalue weighted by Gasteiger charge is 2.10. The molecule has 0 spiro atoms. The van der Waals surface area contributed by atoms with Crippen LogP contribution in [0.1, 0.15) is 22.2 Å². The van der Waals surface area contributed by atoms with E-state index in [1.54, 1.807) is 0 Å². The molecule has 134 valence electrons. The minimum Gasteiger partial charge on any atom is -0.494 e. The molecule has 0 atom stereocenters. The van der Waals surface area contributed by atoms with E-state index in [4.69, 9.17) is 16.3 Å². The topological polar surface area (TPSA) is 38.3 Å². The van der Waals surface area contributed by atoms with E-state index >= 15 is 0 Å². The standard InChI is InChI=1S/C21H20ClNO2S/c1-2-25-18-8-6-16(7-9-18)19-10-11-20(26-19)21(24)23-13-12-15-4-3-5-17(22)14-15/h3-11,14H,2,12-13H2,1H3,(H,23,24). The number of hydrogen-bond donors (Lipinski definition) is 1. The molecule has 0 aliphatic heterocycles. The van der Waals surface area contributed by atoms with Crippen LogP contribution in [0.25, 0.3) is 10.4 Å². The van der Waals surface area contributed by atoms with Gasteiger partial charge in [-0.05, 0) is 73.0 Å². The lowest BCUT2D eigenvalue weighted by molar-refractivity contribution is 0.0958. The van der Waals surface area contributed by atoms with Gasteiger partial charge in [-0.2, -0.15) is 0 Å². The van der Waals surface area contributed by atoms with Gasteiger partial charge in [0, 0.05) is 16.4 Å². The normalized spacial score (nSPS) is 10.5. The van der Waals surface area contributed by atoms with Gasteiger partial charge in [0.2, 0.25) is 0 Å². The Hall–Kier alpha value is -2.30. The number of carbonyl (C=O) groups is 1. The number of amides is 1. The van der Waals surface area contributed by atoms with E-state index in [2.05, 4.69) is 5.32 Å². The fourth-order valence-corrected chi connectivity index (χ4v) is 3.74. The second kappa shape index (κ2) is 8.88. The fourth-order valence-electron chi connectivity index (χ4n) is 2.60. The van der Waals surface area contributed by atoms with E-state index in [1.165, 1.54) is 11.3 Å². The van der Waals surface area contributed by atoms with Crippen molar-refractivity contribution in [1.29, 1.82) is 0 Å². The third-order valence-electron chi connectivity index (χ3n) is 3.87. The molecule has 0 aliphatic carbocycles. The summed E-state index contributed by atoms with van der Waals surface area (Å²) in [4.78, 5) is 14.1. The molecule has 3 aromatic rings. The summed E-state index contributed by atoms with van der Waals surface area (Å²) < 4.78 is 5.46. The number of hydrogen-bond acceptors (Lipinski definition) is 3. The number of benzene rings is 2. The first-order valence-electron chi connectivity index (χ1n) is 8.51. The maximum Gasteiger partial charge on any atom is 0.261 e. The van der Waals surface area contributed by atoms with Crippen LogP contribution in [-0.4, -0.2) is 19.1 Å². The minimum atomic E-state index is -0.0470. The Morgan fingerprint density at radius 1 is 1.12 bits per heavy atom. The summed E-state index contributed by atoms with van der Waals surface area (Å²) in [5.41, 5.74) is 2.19. The summed E-state index contributed by atoms with van der Waals surface area (Å²) in [6.07, 6.45) is 0.753. The minimum absolute atomic E-state index is 0.0470. The van der Waals surface area contributed by atoms with Crippen LogP contribution in [0.3, 0.4) is 0 Å². The largest absolute Gasteiger partial charge is 0.494 e. The molecule has 1 N–H and O–H groups in total. The molecular formula is C21H20ClNO2S. The summed E-state index contributed by atoms with van der Waals surface area (Å²) in [7, 11) is 0. The van der Waals surface area contributed by atoms with Crippen LogP contribution in [0.5, 0.6) is 5.75 Å². The van der Waals surface area contributed by atoms with Crippen molar-refractivity contribution in [2.45, 2.75) is 13.3 Å². The van der Waals surface area contributed by atoms with Gasteiger partial charge in [-0.25, -0.2) is 0 Å². The van der Waals surface area contributed by atoms with E-state index in [1.807, 2.05) is 67.6 Å². The molecule has 5 heteroatoms. The van der Waals surface area contributed by atoms with Crippen LogP contribution in [0.2, 0.25) is 5.02 Å². The van der Waals surface area contributed by atoms with Crippen LogP contribution in [0.4, 0.5) is 0 Å². The zero-order chi connectivity index (χ0) is 18.4. The molecule has 0 saturated heterocycles. The van der Waals surface area contributed by atoms with Gasteiger partial charge < -0.3 is 10.1 Å². The Kier molecular flexibility index (Phi) is 6.31. The lowest BCUT2D eigenvalue weighted by atomic mass is 10.1. The third kappa shape index (κ3) is 4.87. The molecular weight excluding hydrogens is 366 g/mol. The highest BCUT2D eigenvalue weighted by Crippen LogP contribution is 2.29. The van der Waals surface area contributed by atoms with Crippen LogP contribution < -0.4 is 10.1 Å². The Bertz CT molecular complexity index is 874. The van der Waals surface area contributed by atoms with Gasteiger partial charge in [-0.3, -0.25) is 4.79 Å². The number of nitrogens with one attached hydrogen (secondary N) is 1. The smallest absolute Gasteiger partial charge is 0.261 e. The van der Waals surface area contributed by atoms with Crippen molar-refractivity contribution in [2.75, 3.05) is 13.2 Å². The Balaban J connectivity index is 1.57. The van der Waals surface area contributed by atoms with Gasteiger partial charge in [-0.1, -0.05) is 23.7 Å². The fraction of sp³-hybridized carbons (Fsp3) is 0.190. The molecule has 0 fully saturated rings. The molecule has 26 heavy (non-hydrogen) atoms. The summed E-state index contributed by atoms with van der Waals surface area (Å²) in [5, 5.41) is 3.68. The van der Waals surface area contributed by atoms with E-state index < -0.39 is 0 Å². The van der Waals surface area contributed by atoms with E-state index in [0.29, 0.717) is 23.1 Å². The second-order valence-corrected chi connectivity index (χ2v) is 7.28. The Labute approximate surface area is 162 Å². The van der Waals surface area contributed by atoms with E-state index in [0.717, 1.165) is 28.2 Å². The molecule has 1 aromatic heterocycles. The molecule has 1 heterocycles. The van der Waals surface area contributed by atoms with Crippen molar-refractivity contribution < 1.29 is 9.53 Å². The third-order valence-corrected chi connectivity index (χ3v) is 5.24. The summed E-state index contributed by atoms with van der Waals surface area (Å²) >= 11 is 7.46. The molecule has 0 bridgehead atoms. The highest BCUT2D eigenvalue weighted by atomic mass is 35.5. The lowest BCUT2D eigenvalue weighted by Gasteiger charge is -2.05. The first-order chi connectivity index (χ1) is 12.7. The van der Waals surface area contributed by atoms with Crippen LogP contribution in [0.15, 0.2) is 60.7 Å². The first kappa shape index (κ1) is 18.5. The molecule has 0 unspecified atom stereocenters. The van der Waals surface area contributed by atoms with Gasteiger partial charge in [0.05, 0.1) is 11.5 Å². The van der Waals surface area contributed by atoms with Gasteiger partial charge in [0.25, 0.3) is 5.91 Å². The van der Waals surface area contributed by atoms with Gasteiger partial charge in [-0.15, -0.1) is 11.3 Å². The predicted molar refractivity (Wildman–Crippen MR) is 108 cm³/mol. The maximum absolute atomic E-state index is 12.3. The monoisotopic (exact) mass is 385 g/mol. The molecule has 0 aliphatic rings. The maximum atomic E-state index is 12.3. The van der Waals surface area contributed by atoms with Crippen molar-refractivity contribution in [3.8, 4) is 16.2 Å². The lowest BCUT2D eigenvalue weighted by Crippen LogP contribution is -2.24. The molecule has 3 rings (SSSR count). The first-order valence-corrected chi connectivity index (χ1v) is 9.71. The summed E-state index contributed by atoms with van der Waals surface area (Å²) in [6.45, 7) is 3.19. The number of carbonyl (C=O) groups excluding carboxylic acids is 1. The number of ether oxygens (including phenoxy) is 1. The van der Waals surface area contributed by atoms with Crippen molar-refractivity contribution in [3.63, 3.8) is 0 Å². The van der Waals surface area contributed by atoms with Crippen LogP contribution in [0, 0.1) is 0 Å². The zero-order valence-electron chi connectivity index (χ0n) is 14.5. The number of rotatable bonds is 7. The Morgan fingerprint density at radius 3 is 2.65 bits per heavy atom. The van der Waals surface area contributed by atoms with Gasteiger partial charge >= 0.3 is 0 Å². The van der Waals surface area contributed by atoms with Crippen molar-refractivity contribution in [3.05, 3.63) is 76.1 Å². The van der Waals surface area contributed by atoms with Crippen LogP contribution >= 0.6 is 22.9 Å². The van der Waals surface area contributed by atoms with E-state index in [9.17, 15) is 4.79 Å². The predicted octanol–water partition coefficient (Wildman–Crippen LogP) is 5.44. The molecule has 1 amide bonds. The molecule has 3 nitrogen and oxygen atoms in total. The van der Waals surface area contributed by atoms with Crippen molar-refractivity contribution in [1.82, 2.24) is 5.32 Å². The average Bonchev–Trinajstić information content (AvgIpc) is 3.13. The number of thiophene rings is 1. The van der Waals surface area contributed by atoms with Gasteiger partial charge in [0.1, 0.15) is 5.75 Å². The van der Waals surface area contributed by atoms with E-state index in [-0.39, 0.29) is 5.91 Å². The molecule has 0 saturated carbocycles.